The lowest BCUT2D eigenvalue weighted by Crippen LogP contribution is -2.25. The van der Waals surface area contributed by atoms with E-state index in [1.807, 2.05) is 25.2 Å². The van der Waals surface area contributed by atoms with Gasteiger partial charge < -0.3 is 9.47 Å². The molecular formula is C9H14O2. The molecule has 0 aromatic carbocycles. The van der Waals surface area contributed by atoms with Gasteiger partial charge in [0.15, 0.2) is 0 Å². The van der Waals surface area contributed by atoms with Crippen LogP contribution < -0.4 is 0 Å². The molecule has 0 bridgehead atoms. The molecule has 0 aromatic rings. The van der Waals surface area contributed by atoms with Crippen molar-refractivity contribution >= 4 is 0 Å². The lowest BCUT2D eigenvalue weighted by Gasteiger charge is -2.25. The minimum absolute atomic E-state index is 0.137. The van der Waals surface area contributed by atoms with E-state index in [2.05, 4.69) is 0 Å². The van der Waals surface area contributed by atoms with Gasteiger partial charge >= 0.3 is 0 Å². The van der Waals surface area contributed by atoms with Crippen molar-refractivity contribution in [2.24, 2.45) is 0 Å². The van der Waals surface area contributed by atoms with Crippen LogP contribution in [0.15, 0.2) is 24.0 Å². The standard InChI is InChI=1S/C9H14O2/c1-9(11-3)6-4-8(10-2)5-7-9/h4-6H,7H2,1-3H3/t9-/m1/s1. The number of allylic oxidation sites excluding steroid dienone is 1. The maximum atomic E-state index is 5.28. The monoisotopic (exact) mass is 154 g/mol. The first-order valence-electron chi connectivity index (χ1n) is 3.69. The molecule has 0 saturated heterocycles. The van der Waals surface area contributed by atoms with Gasteiger partial charge in [-0.1, -0.05) is 0 Å². The zero-order valence-corrected chi connectivity index (χ0v) is 7.26. The van der Waals surface area contributed by atoms with E-state index in [1.165, 1.54) is 0 Å². The van der Waals surface area contributed by atoms with Crippen LogP contribution in [0.25, 0.3) is 0 Å². The molecule has 0 fully saturated rings. The SMILES string of the molecule is COC1=CC[C@](C)(OC)C=C1. The zero-order chi connectivity index (χ0) is 8.32. The molecule has 1 aliphatic rings. The average Bonchev–Trinajstić information content (AvgIpc) is 2.06. The van der Waals surface area contributed by atoms with E-state index in [1.54, 1.807) is 14.2 Å². The Kier molecular flexibility index (Phi) is 2.35. The summed E-state index contributed by atoms with van der Waals surface area (Å²) >= 11 is 0. The molecule has 62 valence electrons. The fourth-order valence-corrected chi connectivity index (χ4v) is 1.00. The highest BCUT2D eigenvalue weighted by molar-refractivity contribution is 5.22. The third-order valence-corrected chi connectivity index (χ3v) is 2.01. The van der Waals surface area contributed by atoms with Crippen LogP contribution in [0.5, 0.6) is 0 Å². The van der Waals surface area contributed by atoms with Gasteiger partial charge in [-0.05, 0) is 25.2 Å². The first-order valence-corrected chi connectivity index (χ1v) is 3.69. The van der Waals surface area contributed by atoms with Crippen LogP contribution in [0.1, 0.15) is 13.3 Å². The lowest BCUT2D eigenvalue weighted by molar-refractivity contribution is 0.0486. The Morgan fingerprint density at radius 3 is 2.55 bits per heavy atom. The molecule has 0 unspecified atom stereocenters. The fraction of sp³-hybridized carbons (Fsp3) is 0.556. The van der Waals surface area contributed by atoms with Gasteiger partial charge in [0.2, 0.25) is 0 Å². The molecular weight excluding hydrogens is 140 g/mol. The number of rotatable bonds is 2. The maximum absolute atomic E-state index is 5.28. The Morgan fingerprint density at radius 2 is 2.18 bits per heavy atom. The first kappa shape index (κ1) is 8.34. The van der Waals surface area contributed by atoms with Gasteiger partial charge in [-0.25, -0.2) is 0 Å². The highest BCUT2D eigenvalue weighted by atomic mass is 16.5. The average molecular weight is 154 g/mol. The number of ether oxygens (including phenoxy) is 2. The summed E-state index contributed by atoms with van der Waals surface area (Å²) in [5.41, 5.74) is -0.137. The molecule has 0 aromatic heterocycles. The summed E-state index contributed by atoms with van der Waals surface area (Å²) in [7, 11) is 3.39. The van der Waals surface area contributed by atoms with Crippen LogP contribution in [0.3, 0.4) is 0 Å². The van der Waals surface area contributed by atoms with E-state index >= 15 is 0 Å². The van der Waals surface area contributed by atoms with Crippen molar-refractivity contribution < 1.29 is 9.47 Å². The molecule has 0 N–H and O–H groups in total. The summed E-state index contributed by atoms with van der Waals surface area (Å²) in [6.45, 7) is 2.05. The van der Waals surface area contributed by atoms with Crippen molar-refractivity contribution in [3.63, 3.8) is 0 Å². The Morgan fingerprint density at radius 1 is 1.45 bits per heavy atom. The summed E-state index contributed by atoms with van der Waals surface area (Å²) < 4.78 is 10.3. The van der Waals surface area contributed by atoms with E-state index in [-0.39, 0.29) is 5.60 Å². The molecule has 0 aliphatic heterocycles. The summed E-state index contributed by atoms with van der Waals surface area (Å²) in [4.78, 5) is 0. The Hall–Kier alpha value is -0.760. The van der Waals surface area contributed by atoms with Crippen molar-refractivity contribution in [3.8, 4) is 0 Å². The van der Waals surface area contributed by atoms with Gasteiger partial charge in [0, 0.05) is 13.5 Å². The van der Waals surface area contributed by atoms with E-state index in [0.717, 1.165) is 12.2 Å². The summed E-state index contributed by atoms with van der Waals surface area (Å²) in [5, 5.41) is 0. The van der Waals surface area contributed by atoms with Gasteiger partial charge in [0.1, 0.15) is 5.76 Å². The van der Waals surface area contributed by atoms with Gasteiger partial charge in [-0.3, -0.25) is 0 Å². The number of methoxy groups -OCH3 is 2. The topological polar surface area (TPSA) is 18.5 Å². The van der Waals surface area contributed by atoms with E-state index in [0.29, 0.717) is 0 Å². The molecule has 2 nitrogen and oxygen atoms in total. The summed E-state index contributed by atoms with van der Waals surface area (Å²) in [6.07, 6.45) is 6.87. The fourth-order valence-electron chi connectivity index (χ4n) is 1.00. The molecule has 1 atom stereocenters. The van der Waals surface area contributed by atoms with Gasteiger partial charge in [0.25, 0.3) is 0 Å². The Labute approximate surface area is 67.5 Å². The van der Waals surface area contributed by atoms with Gasteiger partial charge in [-0.15, -0.1) is 0 Å². The van der Waals surface area contributed by atoms with Gasteiger partial charge in [-0.2, -0.15) is 0 Å². The first-order chi connectivity index (χ1) is 5.20. The Balaban J connectivity index is 2.63. The van der Waals surface area contributed by atoms with Crippen molar-refractivity contribution in [3.05, 3.63) is 24.0 Å². The largest absolute Gasteiger partial charge is 0.497 e. The minimum atomic E-state index is -0.137. The molecule has 1 rings (SSSR count). The molecule has 2 heteroatoms. The molecule has 11 heavy (non-hydrogen) atoms. The van der Waals surface area contributed by atoms with Crippen molar-refractivity contribution in [1.29, 1.82) is 0 Å². The zero-order valence-electron chi connectivity index (χ0n) is 7.26. The summed E-state index contributed by atoms with van der Waals surface area (Å²) in [6, 6.07) is 0. The third-order valence-electron chi connectivity index (χ3n) is 2.01. The van der Waals surface area contributed by atoms with Gasteiger partial charge in [0.05, 0.1) is 12.7 Å². The summed E-state index contributed by atoms with van der Waals surface area (Å²) in [5.74, 6) is 0.916. The third kappa shape index (κ3) is 1.84. The van der Waals surface area contributed by atoms with Crippen LogP contribution >= 0.6 is 0 Å². The minimum Gasteiger partial charge on any atom is -0.497 e. The van der Waals surface area contributed by atoms with E-state index in [4.69, 9.17) is 9.47 Å². The second-order valence-corrected chi connectivity index (χ2v) is 2.86. The van der Waals surface area contributed by atoms with Crippen LogP contribution in [0.2, 0.25) is 0 Å². The van der Waals surface area contributed by atoms with Crippen LogP contribution in [0, 0.1) is 0 Å². The van der Waals surface area contributed by atoms with Crippen molar-refractivity contribution in [2.45, 2.75) is 18.9 Å². The lowest BCUT2D eigenvalue weighted by atomic mass is 9.97. The second kappa shape index (κ2) is 3.09. The van der Waals surface area contributed by atoms with E-state index < -0.39 is 0 Å². The predicted molar refractivity (Wildman–Crippen MR) is 44.3 cm³/mol. The normalized spacial score (nSPS) is 29.9. The maximum Gasteiger partial charge on any atom is 0.114 e. The van der Waals surface area contributed by atoms with Crippen molar-refractivity contribution in [2.75, 3.05) is 14.2 Å². The number of hydrogen-bond donors (Lipinski definition) is 0. The number of hydrogen-bond acceptors (Lipinski definition) is 2. The quantitative estimate of drug-likeness (QED) is 0.604. The molecule has 0 radical (unpaired) electrons. The van der Waals surface area contributed by atoms with Crippen LogP contribution in [-0.2, 0) is 9.47 Å². The molecule has 1 aliphatic carbocycles. The molecule has 0 spiro atoms. The molecule has 0 amide bonds. The van der Waals surface area contributed by atoms with Crippen LogP contribution in [-0.4, -0.2) is 19.8 Å². The van der Waals surface area contributed by atoms with Crippen molar-refractivity contribution in [1.82, 2.24) is 0 Å². The highest BCUT2D eigenvalue weighted by Gasteiger charge is 2.21. The Bertz CT molecular complexity index is 194. The second-order valence-electron chi connectivity index (χ2n) is 2.86. The van der Waals surface area contributed by atoms with Crippen LogP contribution in [0.4, 0.5) is 0 Å². The van der Waals surface area contributed by atoms with E-state index in [9.17, 15) is 0 Å². The molecule has 0 heterocycles. The predicted octanol–water partition coefficient (Wildman–Crippen LogP) is 1.88. The highest BCUT2D eigenvalue weighted by Crippen LogP contribution is 2.23. The molecule has 0 saturated carbocycles. The smallest absolute Gasteiger partial charge is 0.114 e.